The van der Waals surface area contributed by atoms with Gasteiger partial charge >= 0.3 is 5.97 Å². The maximum absolute atomic E-state index is 12.6. The SMILES string of the molecule is Cc1ccc(C2OCCCC2C(=O)NCCCCCCCC(=O)O)cc1. The third-order valence-electron chi connectivity index (χ3n) is 4.93. The number of unbranched alkanes of at least 4 members (excludes halogenated alkanes) is 4. The summed E-state index contributed by atoms with van der Waals surface area (Å²) in [4.78, 5) is 23.1. The Labute approximate surface area is 156 Å². The fourth-order valence-corrected chi connectivity index (χ4v) is 3.41. The smallest absolute Gasteiger partial charge is 0.303 e. The topological polar surface area (TPSA) is 75.6 Å². The van der Waals surface area contributed by atoms with Gasteiger partial charge in [-0.15, -0.1) is 0 Å². The molecule has 2 unspecified atom stereocenters. The monoisotopic (exact) mass is 361 g/mol. The molecule has 0 bridgehead atoms. The van der Waals surface area contributed by atoms with Crippen LogP contribution in [-0.2, 0) is 14.3 Å². The van der Waals surface area contributed by atoms with Gasteiger partial charge in [-0.1, -0.05) is 49.1 Å². The van der Waals surface area contributed by atoms with Crippen LogP contribution >= 0.6 is 0 Å². The van der Waals surface area contributed by atoms with Crippen LogP contribution in [0.1, 0.15) is 68.6 Å². The highest BCUT2D eigenvalue weighted by atomic mass is 16.5. The number of hydrogen-bond donors (Lipinski definition) is 2. The Hall–Kier alpha value is -1.88. The molecular formula is C21H31NO4. The van der Waals surface area contributed by atoms with Crippen LogP contribution in [0.25, 0.3) is 0 Å². The van der Waals surface area contributed by atoms with Gasteiger partial charge in [0.1, 0.15) is 0 Å². The van der Waals surface area contributed by atoms with E-state index in [0.717, 1.165) is 50.5 Å². The highest BCUT2D eigenvalue weighted by Crippen LogP contribution is 2.33. The summed E-state index contributed by atoms with van der Waals surface area (Å²) in [5.41, 5.74) is 2.28. The summed E-state index contributed by atoms with van der Waals surface area (Å²) in [7, 11) is 0. The van der Waals surface area contributed by atoms with E-state index in [9.17, 15) is 9.59 Å². The molecule has 0 saturated carbocycles. The second kappa shape index (κ2) is 11.0. The van der Waals surface area contributed by atoms with Crippen LogP contribution < -0.4 is 5.32 Å². The number of aliphatic carboxylic acids is 1. The minimum atomic E-state index is -0.727. The molecule has 2 N–H and O–H groups in total. The van der Waals surface area contributed by atoms with Crippen molar-refractivity contribution in [1.82, 2.24) is 5.32 Å². The average Bonchev–Trinajstić information content (AvgIpc) is 2.64. The standard InChI is InChI=1S/C21H31NO4/c1-16-10-12-17(13-11-16)20-18(8-7-15-26-20)21(25)22-14-6-4-2-3-5-9-19(23)24/h10-13,18,20H,2-9,14-15H2,1H3,(H,22,25)(H,23,24). The van der Waals surface area contributed by atoms with E-state index in [0.29, 0.717) is 13.2 Å². The first-order chi connectivity index (χ1) is 12.6. The van der Waals surface area contributed by atoms with Gasteiger partial charge in [-0.05, 0) is 38.2 Å². The molecule has 5 nitrogen and oxygen atoms in total. The van der Waals surface area contributed by atoms with Gasteiger partial charge < -0.3 is 15.2 Å². The van der Waals surface area contributed by atoms with Gasteiger partial charge in [0.05, 0.1) is 12.0 Å². The van der Waals surface area contributed by atoms with E-state index in [2.05, 4.69) is 36.5 Å². The molecule has 2 rings (SSSR count). The lowest BCUT2D eigenvalue weighted by molar-refractivity contribution is -0.137. The quantitative estimate of drug-likeness (QED) is 0.618. The van der Waals surface area contributed by atoms with Gasteiger partial charge in [0.15, 0.2) is 0 Å². The van der Waals surface area contributed by atoms with E-state index in [1.54, 1.807) is 0 Å². The summed E-state index contributed by atoms with van der Waals surface area (Å²) in [5, 5.41) is 11.7. The van der Waals surface area contributed by atoms with Crippen LogP contribution in [0.3, 0.4) is 0 Å². The van der Waals surface area contributed by atoms with Crippen molar-refractivity contribution in [2.24, 2.45) is 5.92 Å². The van der Waals surface area contributed by atoms with Gasteiger partial charge in [0.2, 0.25) is 5.91 Å². The first-order valence-corrected chi connectivity index (χ1v) is 9.75. The molecule has 2 atom stereocenters. The Balaban J connectivity index is 1.71. The van der Waals surface area contributed by atoms with E-state index in [1.807, 2.05) is 0 Å². The minimum absolute atomic E-state index is 0.0844. The van der Waals surface area contributed by atoms with E-state index < -0.39 is 5.97 Å². The van der Waals surface area contributed by atoms with Crippen molar-refractivity contribution >= 4 is 11.9 Å². The maximum atomic E-state index is 12.6. The summed E-state index contributed by atoms with van der Waals surface area (Å²) in [6.45, 7) is 3.44. The van der Waals surface area contributed by atoms with Crippen LogP contribution in [0.4, 0.5) is 0 Å². The molecule has 1 amide bonds. The molecule has 0 aromatic heterocycles. The van der Waals surface area contributed by atoms with E-state index in [-0.39, 0.29) is 24.3 Å². The summed E-state index contributed by atoms with van der Waals surface area (Å²) >= 11 is 0. The average molecular weight is 361 g/mol. The Morgan fingerprint density at radius 1 is 1.12 bits per heavy atom. The molecule has 0 aliphatic carbocycles. The van der Waals surface area contributed by atoms with Crippen LogP contribution in [0, 0.1) is 12.8 Å². The van der Waals surface area contributed by atoms with Gasteiger partial charge in [-0.25, -0.2) is 0 Å². The van der Waals surface area contributed by atoms with Crippen molar-refractivity contribution in [3.63, 3.8) is 0 Å². The summed E-state index contributed by atoms with van der Waals surface area (Å²) in [5.74, 6) is -0.765. The summed E-state index contributed by atoms with van der Waals surface area (Å²) in [6.07, 6.45) is 6.51. The molecule has 1 aliphatic heterocycles. The predicted molar refractivity (Wildman–Crippen MR) is 101 cm³/mol. The molecule has 5 heteroatoms. The zero-order valence-electron chi connectivity index (χ0n) is 15.7. The number of aryl methyl sites for hydroxylation is 1. The van der Waals surface area contributed by atoms with Crippen molar-refractivity contribution in [2.45, 2.75) is 64.4 Å². The number of benzene rings is 1. The number of hydrogen-bond acceptors (Lipinski definition) is 3. The lowest BCUT2D eigenvalue weighted by Gasteiger charge is -2.31. The Morgan fingerprint density at radius 2 is 1.81 bits per heavy atom. The van der Waals surface area contributed by atoms with Crippen LogP contribution in [0.5, 0.6) is 0 Å². The first kappa shape index (κ1) is 20.4. The zero-order chi connectivity index (χ0) is 18.8. The first-order valence-electron chi connectivity index (χ1n) is 9.75. The number of carboxylic acid groups (broad SMARTS) is 1. The van der Waals surface area contributed by atoms with Crippen molar-refractivity contribution in [1.29, 1.82) is 0 Å². The molecule has 144 valence electrons. The minimum Gasteiger partial charge on any atom is -0.481 e. The molecular weight excluding hydrogens is 330 g/mol. The normalized spacial score (nSPS) is 19.9. The van der Waals surface area contributed by atoms with Crippen molar-refractivity contribution in [3.05, 3.63) is 35.4 Å². The Morgan fingerprint density at radius 3 is 2.54 bits per heavy atom. The van der Waals surface area contributed by atoms with Crippen LogP contribution in [0.2, 0.25) is 0 Å². The molecule has 1 aromatic rings. The summed E-state index contributed by atoms with van der Waals surface area (Å²) < 4.78 is 5.92. The molecule has 1 saturated heterocycles. The lowest BCUT2D eigenvalue weighted by atomic mass is 9.88. The summed E-state index contributed by atoms with van der Waals surface area (Å²) in [6, 6.07) is 8.24. The van der Waals surface area contributed by atoms with Gasteiger partial charge in [-0.3, -0.25) is 9.59 Å². The van der Waals surface area contributed by atoms with Crippen molar-refractivity contribution < 1.29 is 19.4 Å². The number of carbonyl (C=O) groups excluding carboxylic acids is 1. The zero-order valence-corrected chi connectivity index (χ0v) is 15.7. The van der Waals surface area contributed by atoms with Crippen molar-refractivity contribution in [3.8, 4) is 0 Å². The van der Waals surface area contributed by atoms with Gasteiger partial charge in [-0.2, -0.15) is 0 Å². The maximum Gasteiger partial charge on any atom is 0.303 e. The van der Waals surface area contributed by atoms with Crippen LogP contribution in [0.15, 0.2) is 24.3 Å². The Kier molecular flexibility index (Phi) is 8.62. The highest BCUT2D eigenvalue weighted by molar-refractivity contribution is 5.79. The second-order valence-corrected chi connectivity index (χ2v) is 7.15. The highest BCUT2D eigenvalue weighted by Gasteiger charge is 2.32. The largest absolute Gasteiger partial charge is 0.481 e. The van der Waals surface area contributed by atoms with Crippen molar-refractivity contribution in [2.75, 3.05) is 13.2 Å². The molecule has 1 heterocycles. The molecule has 0 radical (unpaired) electrons. The third-order valence-corrected chi connectivity index (χ3v) is 4.93. The molecule has 1 aromatic carbocycles. The van der Waals surface area contributed by atoms with Gasteiger partial charge in [0, 0.05) is 19.6 Å². The van der Waals surface area contributed by atoms with Crippen LogP contribution in [-0.4, -0.2) is 30.1 Å². The molecule has 0 spiro atoms. The lowest BCUT2D eigenvalue weighted by Crippen LogP contribution is -2.38. The molecule has 1 aliphatic rings. The molecule has 1 fully saturated rings. The predicted octanol–water partition coefficient (Wildman–Crippen LogP) is 4.00. The number of amides is 1. The third kappa shape index (κ3) is 6.79. The van der Waals surface area contributed by atoms with E-state index >= 15 is 0 Å². The fourth-order valence-electron chi connectivity index (χ4n) is 3.41. The fraction of sp³-hybridized carbons (Fsp3) is 0.619. The number of carbonyl (C=O) groups is 2. The Bertz CT molecular complexity index is 570. The number of carboxylic acids is 1. The van der Waals surface area contributed by atoms with Gasteiger partial charge in [0.25, 0.3) is 0 Å². The molecule has 26 heavy (non-hydrogen) atoms. The number of rotatable bonds is 10. The number of nitrogens with one attached hydrogen (secondary N) is 1. The number of ether oxygens (including phenoxy) is 1. The second-order valence-electron chi connectivity index (χ2n) is 7.15. The van der Waals surface area contributed by atoms with E-state index in [4.69, 9.17) is 9.84 Å². The van der Waals surface area contributed by atoms with E-state index in [1.165, 1.54) is 5.56 Å².